The van der Waals surface area contributed by atoms with Crippen molar-refractivity contribution in [3.05, 3.63) is 17.5 Å². The second-order valence-electron chi connectivity index (χ2n) is 7.14. The number of aryl methyl sites for hydroxylation is 1. The predicted octanol–water partition coefficient (Wildman–Crippen LogP) is 1.77. The normalized spacial score (nSPS) is 17.6. The van der Waals surface area contributed by atoms with Crippen LogP contribution in [-0.2, 0) is 0 Å². The van der Waals surface area contributed by atoms with Crippen LogP contribution in [0.25, 0.3) is 0 Å². The summed E-state index contributed by atoms with van der Waals surface area (Å²) in [5, 5.41) is 0. The van der Waals surface area contributed by atoms with Gasteiger partial charge in [-0.1, -0.05) is 13.8 Å². The molecule has 1 aliphatic rings. The van der Waals surface area contributed by atoms with Crippen LogP contribution in [0.15, 0.2) is 6.07 Å². The number of nitrogens with two attached hydrogens (primary N) is 1. The lowest BCUT2D eigenvalue weighted by atomic mass is 10.1. The van der Waals surface area contributed by atoms with E-state index in [-0.39, 0.29) is 5.54 Å². The van der Waals surface area contributed by atoms with Crippen molar-refractivity contribution in [3.63, 3.8) is 0 Å². The average molecular weight is 291 g/mol. The Labute approximate surface area is 128 Å². The standard InChI is InChI=1S/C16H29N5/c1-12(2)14-10-13(3)18-15(19-14)21-8-6-20(7-9-21)11-16(4,5)17/h10,12H,6-9,11,17H2,1-5H3. The van der Waals surface area contributed by atoms with Crippen molar-refractivity contribution in [2.45, 2.75) is 46.1 Å². The Balaban J connectivity index is 2.02. The summed E-state index contributed by atoms with van der Waals surface area (Å²) >= 11 is 0. The minimum atomic E-state index is -0.132. The van der Waals surface area contributed by atoms with Crippen molar-refractivity contribution in [2.24, 2.45) is 5.73 Å². The highest BCUT2D eigenvalue weighted by molar-refractivity contribution is 5.33. The largest absolute Gasteiger partial charge is 0.338 e. The maximum Gasteiger partial charge on any atom is 0.225 e. The van der Waals surface area contributed by atoms with E-state index in [2.05, 4.69) is 48.5 Å². The Kier molecular flexibility index (Phi) is 4.84. The van der Waals surface area contributed by atoms with Crippen molar-refractivity contribution in [2.75, 3.05) is 37.6 Å². The summed E-state index contributed by atoms with van der Waals surface area (Å²) in [5.41, 5.74) is 8.15. The van der Waals surface area contributed by atoms with Crippen molar-refractivity contribution in [3.8, 4) is 0 Å². The Morgan fingerprint density at radius 2 is 1.81 bits per heavy atom. The number of hydrogen-bond donors (Lipinski definition) is 1. The third-order valence-electron chi connectivity index (χ3n) is 3.74. The maximum atomic E-state index is 6.11. The molecule has 2 heterocycles. The molecule has 0 unspecified atom stereocenters. The van der Waals surface area contributed by atoms with Crippen molar-refractivity contribution < 1.29 is 0 Å². The summed E-state index contributed by atoms with van der Waals surface area (Å²) in [7, 11) is 0. The van der Waals surface area contributed by atoms with Crippen LogP contribution < -0.4 is 10.6 Å². The fourth-order valence-corrected chi connectivity index (χ4v) is 2.70. The number of rotatable bonds is 4. The zero-order valence-electron chi connectivity index (χ0n) is 14.1. The summed E-state index contributed by atoms with van der Waals surface area (Å²) < 4.78 is 0. The number of anilines is 1. The van der Waals surface area contributed by atoms with E-state index in [1.54, 1.807) is 0 Å². The molecule has 21 heavy (non-hydrogen) atoms. The SMILES string of the molecule is Cc1cc(C(C)C)nc(N2CCN(CC(C)(C)N)CC2)n1. The number of aromatic nitrogens is 2. The summed E-state index contributed by atoms with van der Waals surface area (Å²) in [6.45, 7) is 15.5. The molecule has 0 saturated carbocycles. The van der Waals surface area contributed by atoms with Gasteiger partial charge < -0.3 is 10.6 Å². The molecule has 2 N–H and O–H groups in total. The zero-order chi connectivity index (χ0) is 15.6. The second kappa shape index (κ2) is 6.28. The van der Waals surface area contributed by atoms with Gasteiger partial charge in [0.25, 0.3) is 0 Å². The molecule has 5 heteroatoms. The van der Waals surface area contributed by atoms with Crippen LogP contribution in [0.4, 0.5) is 5.95 Å². The Hall–Kier alpha value is -1.20. The highest BCUT2D eigenvalue weighted by Crippen LogP contribution is 2.18. The molecule has 0 aliphatic carbocycles. The monoisotopic (exact) mass is 291 g/mol. The molecule has 0 aromatic carbocycles. The smallest absolute Gasteiger partial charge is 0.225 e. The average Bonchev–Trinajstić information content (AvgIpc) is 2.37. The van der Waals surface area contributed by atoms with E-state index in [9.17, 15) is 0 Å². The summed E-state index contributed by atoms with van der Waals surface area (Å²) in [4.78, 5) is 14.1. The van der Waals surface area contributed by atoms with Gasteiger partial charge in [0.1, 0.15) is 0 Å². The van der Waals surface area contributed by atoms with Crippen molar-refractivity contribution in [1.29, 1.82) is 0 Å². The van der Waals surface area contributed by atoms with Crippen LogP contribution >= 0.6 is 0 Å². The van der Waals surface area contributed by atoms with Crippen LogP contribution in [0.3, 0.4) is 0 Å². The maximum absolute atomic E-state index is 6.11. The van der Waals surface area contributed by atoms with Gasteiger partial charge in [-0.05, 0) is 32.8 Å². The lowest BCUT2D eigenvalue weighted by molar-refractivity contribution is 0.213. The van der Waals surface area contributed by atoms with Gasteiger partial charge in [-0.15, -0.1) is 0 Å². The quantitative estimate of drug-likeness (QED) is 0.916. The lowest BCUT2D eigenvalue weighted by Gasteiger charge is -2.37. The molecule has 1 aromatic heterocycles. The first-order valence-corrected chi connectivity index (χ1v) is 7.86. The number of nitrogens with zero attached hydrogens (tertiary/aromatic N) is 4. The summed E-state index contributed by atoms with van der Waals surface area (Å²) in [6.07, 6.45) is 0. The van der Waals surface area contributed by atoms with E-state index in [0.29, 0.717) is 5.92 Å². The van der Waals surface area contributed by atoms with Gasteiger partial charge in [0.05, 0.1) is 0 Å². The summed E-state index contributed by atoms with van der Waals surface area (Å²) in [6, 6.07) is 2.08. The first kappa shape index (κ1) is 16.2. The van der Waals surface area contributed by atoms with Gasteiger partial charge >= 0.3 is 0 Å². The molecule has 5 nitrogen and oxygen atoms in total. The molecule has 1 aliphatic heterocycles. The third-order valence-corrected chi connectivity index (χ3v) is 3.74. The predicted molar refractivity (Wildman–Crippen MR) is 87.8 cm³/mol. The lowest BCUT2D eigenvalue weighted by Crippen LogP contribution is -2.53. The Morgan fingerprint density at radius 1 is 1.19 bits per heavy atom. The summed E-state index contributed by atoms with van der Waals surface area (Å²) in [5.74, 6) is 1.31. The first-order valence-electron chi connectivity index (χ1n) is 7.86. The van der Waals surface area contributed by atoms with Gasteiger partial charge in [0.15, 0.2) is 0 Å². The highest BCUT2D eigenvalue weighted by Gasteiger charge is 2.23. The minimum absolute atomic E-state index is 0.132. The van der Waals surface area contributed by atoms with Crippen molar-refractivity contribution >= 4 is 5.95 Å². The van der Waals surface area contributed by atoms with Gasteiger partial charge in [-0.2, -0.15) is 0 Å². The molecule has 0 radical (unpaired) electrons. The molecule has 1 fully saturated rings. The molecule has 2 rings (SSSR count). The van der Waals surface area contributed by atoms with E-state index in [1.165, 1.54) is 0 Å². The molecule has 0 amide bonds. The van der Waals surface area contributed by atoms with Crippen LogP contribution in [0.1, 0.15) is 45.0 Å². The van der Waals surface area contributed by atoms with Crippen LogP contribution in [0, 0.1) is 6.92 Å². The van der Waals surface area contributed by atoms with Crippen LogP contribution in [0.2, 0.25) is 0 Å². The fourth-order valence-electron chi connectivity index (χ4n) is 2.70. The van der Waals surface area contributed by atoms with Crippen LogP contribution in [-0.4, -0.2) is 53.1 Å². The molecule has 0 bridgehead atoms. The van der Waals surface area contributed by atoms with Gasteiger partial charge in [-0.3, -0.25) is 4.90 Å². The van der Waals surface area contributed by atoms with Gasteiger partial charge in [0.2, 0.25) is 5.95 Å². The van der Waals surface area contributed by atoms with E-state index in [4.69, 9.17) is 10.7 Å². The van der Waals surface area contributed by atoms with Crippen molar-refractivity contribution in [1.82, 2.24) is 14.9 Å². The molecular weight excluding hydrogens is 262 g/mol. The number of piperazine rings is 1. The van der Waals surface area contributed by atoms with Gasteiger partial charge in [-0.25, -0.2) is 9.97 Å². The zero-order valence-corrected chi connectivity index (χ0v) is 14.1. The first-order chi connectivity index (χ1) is 9.74. The van der Waals surface area contributed by atoms with E-state index in [1.807, 2.05) is 6.92 Å². The minimum Gasteiger partial charge on any atom is -0.338 e. The number of hydrogen-bond acceptors (Lipinski definition) is 5. The Morgan fingerprint density at radius 3 is 2.33 bits per heavy atom. The van der Waals surface area contributed by atoms with E-state index >= 15 is 0 Å². The van der Waals surface area contributed by atoms with E-state index < -0.39 is 0 Å². The van der Waals surface area contributed by atoms with Gasteiger partial charge in [0, 0.05) is 49.7 Å². The molecular formula is C16H29N5. The Bertz CT molecular complexity index is 470. The van der Waals surface area contributed by atoms with E-state index in [0.717, 1.165) is 50.1 Å². The molecule has 0 atom stereocenters. The fraction of sp³-hybridized carbons (Fsp3) is 0.750. The molecule has 0 spiro atoms. The highest BCUT2D eigenvalue weighted by atomic mass is 15.3. The van der Waals surface area contributed by atoms with Crippen LogP contribution in [0.5, 0.6) is 0 Å². The molecule has 1 aromatic rings. The molecule has 118 valence electrons. The topological polar surface area (TPSA) is 58.3 Å². The third kappa shape index (κ3) is 4.64. The second-order valence-corrected chi connectivity index (χ2v) is 7.14. The molecule has 1 saturated heterocycles.